The van der Waals surface area contributed by atoms with Gasteiger partial charge < -0.3 is 9.84 Å². The molecule has 1 aliphatic carbocycles. The molecular weight excluding hydrogens is 224 g/mol. The molecule has 0 aromatic heterocycles. The summed E-state index contributed by atoms with van der Waals surface area (Å²) in [6, 6.07) is 8.01. The molecule has 0 spiro atoms. The van der Waals surface area contributed by atoms with Crippen LogP contribution < -0.4 is 4.74 Å². The minimum absolute atomic E-state index is 0.344. The van der Waals surface area contributed by atoms with Crippen molar-refractivity contribution in [3.63, 3.8) is 0 Å². The normalized spacial score (nSPS) is 32.2. The zero-order valence-corrected chi connectivity index (χ0v) is 11.6. The van der Waals surface area contributed by atoms with Crippen LogP contribution in [0.1, 0.15) is 38.7 Å². The van der Waals surface area contributed by atoms with Gasteiger partial charge >= 0.3 is 0 Å². The molecule has 1 fully saturated rings. The Morgan fingerprint density at radius 2 is 2.06 bits per heavy atom. The number of ether oxygens (including phenoxy) is 1. The van der Waals surface area contributed by atoms with Crippen LogP contribution in [0.5, 0.6) is 5.75 Å². The first-order chi connectivity index (χ1) is 8.57. The highest BCUT2D eigenvalue weighted by atomic mass is 16.5. The van der Waals surface area contributed by atoms with Crippen molar-refractivity contribution in [1.82, 2.24) is 0 Å². The van der Waals surface area contributed by atoms with Gasteiger partial charge in [0.1, 0.15) is 5.75 Å². The molecule has 3 unspecified atom stereocenters. The van der Waals surface area contributed by atoms with Crippen molar-refractivity contribution in [2.45, 2.75) is 45.1 Å². The van der Waals surface area contributed by atoms with Crippen molar-refractivity contribution >= 4 is 0 Å². The van der Waals surface area contributed by atoms with Gasteiger partial charge in [-0.3, -0.25) is 0 Å². The van der Waals surface area contributed by atoms with Gasteiger partial charge in [-0.25, -0.2) is 0 Å². The molecule has 0 bridgehead atoms. The van der Waals surface area contributed by atoms with Crippen molar-refractivity contribution in [2.24, 2.45) is 11.8 Å². The molecule has 2 nitrogen and oxygen atoms in total. The number of benzene rings is 1. The van der Waals surface area contributed by atoms with E-state index in [9.17, 15) is 5.11 Å². The van der Waals surface area contributed by atoms with E-state index in [2.05, 4.69) is 19.9 Å². The topological polar surface area (TPSA) is 29.5 Å². The van der Waals surface area contributed by atoms with Gasteiger partial charge in [0.05, 0.1) is 12.7 Å². The van der Waals surface area contributed by atoms with E-state index in [1.807, 2.05) is 18.2 Å². The van der Waals surface area contributed by atoms with Crippen LogP contribution in [0.3, 0.4) is 0 Å². The van der Waals surface area contributed by atoms with Gasteiger partial charge in [-0.2, -0.15) is 0 Å². The second-order valence-corrected chi connectivity index (χ2v) is 5.75. The average Bonchev–Trinajstić information content (AvgIpc) is 2.37. The summed E-state index contributed by atoms with van der Waals surface area (Å²) in [6.07, 6.45) is 3.95. The van der Waals surface area contributed by atoms with Crippen molar-refractivity contribution in [3.8, 4) is 5.75 Å². The maximum absolute atomic E-state index is 10.9. The van der Waals surface area contributed by atoms with E-state index in [4.69, 9.17) is 4.74 Å². The maximum atomic E-state index is 10.9. The quantitative estimate of drug-likeness (QED) is 0.888. The lowest BCUT2D eigenvalue weighted by Crippen LogP contribution is -2.44. The molecule has 0 radical (unpaired) electrons. The Morgan fingerprint density at radius 3 is 2.78 bits per heavy atom. The standard InChI is InChI=1S/C16H24O2/c1-12-7-6-10-16(17,13(12)2)11-14-8-4-5-9-15(14)18-3/h4-5,8-9,12-13,17H,6-7,10-11H2,1-3H3. The van der Waals surface area contributed by atoms with Crippen LogP contribution in [0.2, 0.25) is 0 Å². The lowest BCUT2D eigenvalue weighted by molar-refractivity contribution is -0.0623. The number of para-hydroxylation sites is 1. The number of hydrogen-bond donors (Lipinski definition) is 1. The van der Waals surface area contributed by atoms with Crippen LogP contribution in [0, 0.1) is 11.8 Å². The highest BCUT2D eigenvalue weighted by Crippen LogP contribution is 2.40. The maximum Gasteiger partial charge on any atom is 0.122 e. The predicted octanol–water partition coefficient (Wildman–Crippen LogP) is 3.42. The van der Waals surface area contributed by atoms with E-state index in [1.165, 1.54) is 6.42 Å². The lowest BCUT2D eigenvalue weighted by atomic mass is 9.68. The molecule has 18 heavy (non-hydrogen) atoms. The smallest absolute Gasteiger partial charge is 0.122 e. The van der Waals surface area contributed by atoms with Gasteiger partial charge in [0, 0.05) is 6.42 Å². The van der Waals surface area contributed by atoms with Crippen LogP contribution in [0.15, 0.2) is 24.3 Å². The molecule has 100 valence electrons. The zero-order valence-electron chi connectivity index (χ0n) is 11.6. The fraction of sp³-hybridized carbons (Fsp3) is 0.625. The van der Waals surface area contributed by atoms with Crippen LogP contribution in [0.4, 0.5) is 0 Å². The van der Waals surface area contributed by atoms with Gasteiger partial charge in [0.15, 0.2) is 0 Å². The SMILES string of the molecule is COc1ccccc1CC1(O)CCCC(C)C1C. The summed E-state index contributed by atoms with van der Waals surface area (Å²) in [4.78, 5) is 0. The molecule has 0 heterocycles. The summed E-state index contributed by atoms with van der Waals surface area (Å²) in [5.41, 5.74) is 0.537. The Labute approximate surface area is 110 Å². The van der Waals surface area contributed by atoms with Gasteiger partial charge in [-0.1, -0.05) is 44.9 Å². The second kappa shape index (κ2) is 5.31. The third-order valence-electron chi connectivity index (χ3n) is 4.66. The first kappa shape index (κ1) is 13.4. The molecule has 2 heteroatoms. The summed E-state index contributed by atoms with van der Waals surface area (Å²) in [5, 5.41) is 10.9. The predicted molar refractivity (Wildman–Crippen MR) is 73.8 cm³/mol. The fourth-order valence-corrected chi connectivity index (χ4v) is 3.17. The summed E-state index contributed by atoms with van der Waals surface area (Å²) in [5.74, 6) is 1.82. The van der Waals surface area contributed by atoms with E-state index in [-0.39, 0.29) is 0 Å². The molecule has 1 saturated carbocycles. The van der Waals surface area contributed by atoms with Crippen molar-refractivity contribution in [3.05, 3.63) is 29.8 Å². The highest BCUT2D eigenvalue weighted by Gasteiger charge is 2.40. The van der Waals surface area contributed by atoms with Crippen LogP contribution >= 0.6 is 0 Å². The molecular formula is C16H24O2. The molecule has 3 atom stereocenters. The van der Waals surface area contributed by atoms with Gasteiger partial charge in [-0.15, -0.1) is 0 Å². The molecule has 2 rings (SSSR count). The highest BCUT2D eigenvalue weighted by molar-refractivity contribution is 5.34. The molecule has 0 saturated heterocycles. The number of methoxy groups -OCH3 is 1. The molecule has 1 aromatic carbocycles. The molecule has 1 aliphatic rings. The second-order valence-electron chi connectivity index (χ2n) is 5.75. The Bertz CT molecular complexity index is 402. The number of rotatable bonds is 3. The van der Waals surface area contributed by atoms with E-state index < -0.39 is 5.60 Å². The largest absolute Gasteiger partial charge is 0.496 e. The minimum atomic E-state index is -0.577. The van der Waals surface area contributed by atoms with E-state index in [0.29, 0.717) is 18.3 Å². The lowest BCUT2D eigenvalue weighted by Gasteiger charge is -2.42. The first-order valence-corrected chi connectivity index (χ1v) is 6.91. The van der Waals surface area contributed by atoms with Crippen molar-refractivity contribution in [2.75, 3.05) is 7.11 Å². The van der Waals surface area contributed by atoms with Gasteiger partial charge in [0.25, 0.3) is 0 Å². The average molecular weight is 248 g/mol. The zero-order chi connectivity index (χ0) is 13.2. The monoisotopic (exact) mass is 248 g/mol. The van der Waals surface area contributed by atoms with E-state index in [0.717, 1.165) is 24.2 Å². The summed E-state index contributed by atoms with van der Waals surface area (Å²) in [7, 11) is 1.69. The molecule has 0 aliphatic heterocycles. The van der Waals surface area contributed by atoms with Gasteiger partial charge in [-0.05, 0) is 29.9 Å². The van der Waals surface area contributed by atoms with Gasteiger partial charge in [0.2, 0.25) is 0 Å². The Balaban J connectivity index is 2.21. The molecule has 0 amide bonds. The van der Waals surface area contributed by atoms with Crippen molar-refractivity contribution in [1.29, 1.82) is 0 Å². The molecule has 1 aromatic rings. The van der Waals surface area contributed by atoms with E-state index in [1.54, 1.807) is 7.11 Å². The fourth-order valence-electron chi connectivity index (χ4n) is 3.17. The van der Waals surface area contributed by atoms with Crippen LogP contribution in [-0.4, -0.2) is 17.8 Å². The summed E-state index contributed by atoms with van der Waals surface area (Å²) < 4.78 is 5.38. The van der Waals surface area contributed by atoms with Crippen LogP contribution in [0.25, 0.3) is 0 Å². The number of aliphatic hydroxyl groups is 1. The summed E-state index contributed by atoms with van der Waals surface area (Å²) >= 11 is 0. The van der Waals surface area contributed by atoms with Crippen LogP contribution in [-0.2, 0) is 6.42 Å². The third kappa shape index (κ3) is 2.54. The number of hydrogen-bond acceptors (Lipinski definition) is 2. The summed E-state index contributed by atoms with van der Waals surface area (Å²) in [6.45, 7) is 4.43. The Hall–Kier alpha value is -1.02. The van der Waals surface area contributed by atoms with E-state index >= 15 is 0 Å². The van der Waals surface area contributed by atoms with Crippen molar-refractivity contribution < 1.29 is 9.84 Å². The first-order valence-electron chi connectivity index (χ1n) is 6.91. The Kier molecular flexibility index (Phi) is 3.96. The molecule has 1 N–H and O–H groups in total. The minimum Gasteiger partial charge on any atom is -0.496 e. The Morgan fingerprint density at radius 1 is 1.33 bits per heavy atom. The third-order valence-corrected chi connectivity index (χ3v) is 4.66.